The summed E-state index contributed by atoms with van der Waals surface area (Å²) in [5.74, 6) is -0.898. The Bertz CT molecular complexity index is 1030. The van der Waals surface area contributed by atoms with E-state index < -0.39 is 49.4 Å². The second-order valence-electron chi connectivity index (χ2n) is 7.12. The predicted molar refractivity (Wildman–Crippen MR) is 107 cm³/mol. The average molecular weight is 515 g/mol. The number of pyridine rings is 1. The van der Waals surface area contributed by atoms with Gasteiger partial charge in [-0.25, -0.2) is 9.78 Å². The molecule has 1 aliphatic rings. The number of halogens is 6. The second-order valence-corrected chi connectivity index (χ2v) is 8.00. The lowest BCUT2D eigenvalue weighted by molar-refractivity contribution is -0.326. The van der Waals surface area contributed by atoms with Crippen LogP contribution < -0.4 is 10.1 Å². The third-order valence-corrected chi connectivity index (χ3v) is 5.84. The minimum Gasteiger partial charge on any atom is -0.474 e. The van der Waals surface area contributed by atoms with Crippen molar-refractivity contribution in [2.75, 3.05) is 33.4 Å². The molecule has 0 unspecified atom stereocenters. The Labute approximate surface area is 192 Å². The van der Waals surface area contributed by atoms with E-state index in [1.807, 2.05) is 0 Å². The lowest BCUT2D eigenvalue weighted by Gasteiger charge is -2.31. The summed E-state index contributed by atoms with van der Waals surface area (Å²) in [7, 11) is 1.35. The third kappa shape index (κ3) is 6.40. The molecule has 0 saturated carbocycles. The van der Waals surface area contributed by atoms with Crippen molar-refractivity contribution >= 4 is 33.6 Å². The van der Waals surface area contributed by atoms with Crippen molar-refractivity contribution in [3.63, 3.8) is 0 Å². The fraction of sp³-hybridized carbons (Fsp3) is 0.526. The minimum absolute atomic E-state index is 0.00878. The molecule has 1 aliphatic heterocycles. The van der Waals surface area contributed by atoms with Gasteiger partial charge in [-0.3, -0.25) is 9.53 Å². The zero-order valence-electron chi connectivity index (χ0n) is 17.6. The number of thiophene rings is 1. The summed E-state index contributed by atoms with van der Waals surface area (Å²) < 4.78 is 90.2. The predicted octanol–water partition coefficient (Wildman–Crippen LogP) is 4.19. The fourth-order valence-corrected chi connectivity index (χ4v) is 4.28. The van der Waals surface area contributed by atoms with Gasteiger partial charge < -0.3 is 19.7 Å². The van der Waals surface area contributed by atoms with Gasteiger partial charge in [-0.1, -0.05) is 0 Å². The molecular weight excluding hydrogens is 496 g/mol. The molecule has 0 radical (unpaired) electrons. The molecule has 2 aromatic heterocycles. The van der Waals surface area contributed by atoms with Gasteiger partial charge in [0, 0.05) is 44.4 Å². The Balaban J connectivity index is 1.64. The highest BCUT2D eigenvalue weighted by Crippen LogP contribution is 2.40. The maximum atomic E-state index is 13.6. The molecule has 0 spiro atoms. The molecule has 1 N–H and O–H groups in total. The van der Waals surface area contributed by atoms with Crippen LogP contribution in [0.5, 0.6) is 5.88 Å². The first-order valence-electron chi connectivity index (χ1n) is 9.89. The Hall–Kier alpha value is -2.81. The number of ether oxygens (including phenoxy) is 3. The molecule has 15 heteroatoms. The normalized spacial score (nSPS) is 15.4. The summed E-state index contributed by atoms with van der Waals surface area (Å²) in [5.41, 5.74) is -1.11. The highest BCUT2D eigenvalue weighted by atomic mass is 32.1. The van der Waals surface area contributed by atoms with Crippen molar-refractivity contribution in [1.29, 1.82) is 0 Å². The summed E-state index contributed by atoms with van der Waals surface area (Å²) in [5, 5.41) is 3.64. The van der Waals surface area contributed by atoms with Gasteiger partial charge in [0.1, 0.15) is 12.7 Å². The van der Waals surface area contributed by atoms with Crippen LogP contribution in [0.25, 0.3) is 10.2 Å². The average Bonchev–Trinajstić information content (AvgIpc) is 3.18. The van der Waals surface area contributed by atoms with Crippen LogP contribution >= 0.6 is 11.3 Å². The number of hydrogen-bond acceptors (Lipinski definition) is 7. The number of nitrogens with one attached hydrogen (secondary N) is 1. The first kappa shape index (κ1) is 25.8. The van der Waals surface area contributed by atoms with Gasteiger partial charge in [0.25, 0.3) is 5.91 Å². The van der Waals surface area contributed by atoms with E-state index in [2.05, 4.69) is 15.0 Å². The molecule has 2 amide bonds. The first-order chi connectivity index (χ1) is 15.9. The van der Waals surface area contributed by atoms with Crippen molar-refractivity contribution < 1.29 is 50.1 Å². The van der Waals surface area contributed by atoms with Crippen molar-refractivity contribution in [2.45, 2.75) is 31.5 Å². The molecule has 3 heterocycles. The minimum atomic E-state index is -4.82. The molecular formula is C19H19F6N3O5S. The van der Waals surface area contributed by atoms with E-state index in [-0.39, 0.29) is 47.6 Å². The second kappa shape index (κ2) is 10.2. The number of piperidine rings is 1. The number of carbonyl (C=O) groups is 2. The Morgan fingerprint density at radius 1 is 1.18 bits per heavy atom. The maximum Gasteiger partial charge on any atom is 0.522 e. The number of rotatable bonds is 6. The number of alkyl halides is 6. The third-order valence-electron chi connectivity index (χ3n) is 4.84. The molecule has 2 aromatic rings. The smallest absolute Gasteiger partial charge is 0.474 e. The van der Waals surface area contributed by atoms with Gasteiger partial charge in [0.05, 0.1) is 28.0 Å². The summed E-state index contributed by atoms with van der Waals surface area (Å²) in [6.45, 7) is -1.21. The largest absolute Gasteiger partial charge is 0.522 e. The lowest BCUT2D eigenvalue weighted by atomic mass is 10.1. The number of hydrogen-bond donors (Lipinski definition) is 1. The van der Waals surface area contributed by atoms with Crippen molar-refractivity contribution in [3.05, 3.63) is 22.6 Å². The first-order valence-corrected chi connectivity index (χ1v) is 10.8. The van der Waals surface area contributed by atoms with Gasteiger partial charge in [0.2, 0.25) is 5.88 Å². The number of amides is 2. The van der Waals surface area contributed by atoms with Crippen LogP contribution in [0, 0.1) is 0 Å². The van der Waals surface area contributed by atoms with Crippen LogP contribution in [-0.2, 0) is 15.7 Å². The molecule has 188 valence electrons. The number of aromatic nitrogens is 1. The Kier molecular flexibility index (Phi) is 7.75. The zero-order valence-corrected chi connectivity index (χ0v) is 18.4. The van der Waals surface area contributed by atoms with Gasteiger partial charge in [-0.05, 0) is 0 Å². The standard InChI is InChI=1S/C19H19F6N3O5S/c1-26-16(29)11-9-34-15-12(18(20,21)22)8-13(27-14(11)15)33-10-2-4-28(5-3-10)17(30)31-6-7-32-19(23,24)25/h8-10H,2-7H2,1H3,(H,26,29). The van der Waals surface area contributed by atoms with E-state index in [0.29, 0.717) is 0 Å². The Morgan fingerprint density at radius 3 is 2.44 bits per heavy atom. The number of carbonyl (C=O) groups excluding carboxylic acids is 2. The summed E-state index contributed by atoms with van der Waals surface area (Å²) in [4.78, 5) is 29.3. The lowest BCUT2D eigenvalue weighted by Crippen LogP contribution is -2.42. The van der Waals surface area contributed by atoms with E-state index in [0.717, 1.165) is 17.4 Å². The van der Waals surface area contributed by atoms with E-state index in [1.165, 1.54) is 17.3 Å². The van der Waals surface area contributed by atoms with Gasteiger partial charge in [0.15, 0.2) is 0 Å². The monoisotopic (exact) mass is 515 g/mol. The molecule has 34 heavy (non-hydrogen) atoms. The van der Waals surface area contributed by atoms with Crippen LogP contribution in [-0.4, -0.2) is 67.7 Å². The molecule has 0 aromatic carbocycles. The molecule has 0 bridgehead atoms. The van der Waals surface area contributed by atoms with E-state index in [9.17, 15) is 35.9 Å². The molecule has 0 aliphatic carbocycles. The molecule has 1 fully saturated rings. The summed E-state index contributed by atoms with van der Waals surface area (Å²) in [6.07, 6.45) is -10.5. The van der Waals surface area contributed by atoms with Gasteiger partial charge in [-0.15, -0.1) is 24.5 Å². The quantitative estimate of drug-likeness (QED) is 0.459. The highest BCUT2D eigenvalue weighted by molar-refractivity contribution is 7.17. The van der Waals surface area contributed by atoms with Crippen molar-refractivity contribution in [2.24, 2.45) is 0 Å². The van der Waals surface area contributed by atoms with Gasteiger partial charge in [-0.2, -0.15) is 13.2 Å². The molecule has 1 saturated heterocycles. The zero-order chi connectivity index (χ0) is 25.1. The van der Waals surface area contributed by atoms with Gasteiger partial charge >= 0.3 is 18.6 Å². The number of nitrogens with zero attached hydrogens (tertiary/aromatic N) is 2. The van der Waals surface area contributed by atoms with Crippen LogP contribution in [0.3, 0.4) is 0 Å². The van der Waals surface area contributed by atoms with Crippen LogP contribution in [0.1, 0.15) is 28.8 Å². The van der Waals surface area contributed by atoms with E-state index >= 15 is 0 Å². The van der Waals surface area contributed by atoms with Crippen LogP contribution in [0.4, 0.5) is 31.1 Å². The highest BCUT2D eigenvalue weighted by Gasteiger charge is 2.36. The van der Waals surface area contributed by atoms with E-state index in [4.69, 9.17) is 9.47 Å². The van der Waals surface area contributed by atoms with Crippen LogP contribution in [0.15, 0.2) is 11.4 Å². The fourth-order valence-electron chi connectivity index (χ4n) is 3.26. The molecule has 3 rings (SSSR count). The molecule has 8 nitrogen and oxygen atoms in total. The Morgan fingerprint density at radius 2 is 1.85 bits per heavy atom. The van der Waals surface area contributed by atoms with E-state index in [1.54, 1.807) is 0 Å². The SMILES string of the molecule is CNC(=O)c1csc2c(C(F)(F)F)cc(OC3CCN(C(=O)OCCOC(F)(F)F)CC3)nc12. The topological polar surface area (TPSA) is 90.0 Å². The van der Waals surface area contributed by atoms with Crippen LogP contribution in [0.2, 0.25) is 0 Å². The molecule has 0 atom stereocenters. The maximum absolute atomic E-state index is 13.6. The number of fused-ring (bicyclic) bond motifs is 1. The summed E-state index contributed by atoms with van der Waals surface area (Å²) in [6, 6.07) is 0.772. The number of likely N-dealkylation sites (tertiary alicyclic amines) is 1. The van der Waals surface area contributed by atoms with Crippen molar-refractivity contribution in [1.82, 2.24) is 15.2 Å². The summed E-state index contributed by atoms with van der Waals surface area (Å²) >= 11 is 0.750. The van der Waals surface area contributed by atoms with Crippen molar-refractivity contribution in [3.8, 4) is 5.88 Å².